The first-order valence-corrected chi connectivity index (χ1v) is 11.0. The Morgan fingerprint density at radius 1 is 0.882 bits per heavy atom. The van der Waals surface area contributed by atoms with Crippen molar-refractivity contribution in [1.29, 1.82) is 0 Å². The van der Waals surface area contributed by atoms with Crippen molar-refractivity contribution >= 4 is 23.2 Å². The van der Waals surface area contributed by atoms with Gasteiger partial charge in [0, 0.05) is 18.1 Å². The molecule has 3 aromatic carbocycles. The molecule has 7 nitrogen and oxygen atoms in total. The van der Waals surface area contributed by atoms with Crippen LogP contribution in [0.4, 0.5) is 0 Å². The molecule has 34 heavy (non-hydrogen) atoms. The summed E-state index contributed by atoms with van der Waals surface area (Å²) < 4.78 is 21.7. The number of benzene rings is 3. The highest BCUT2D eigenvalue weighted by atomic mass is 35.5. The Balaban J connectivity index is 1.80. The van der Waals surface area contributed by atoms with E-state index in [2.05, 4.69) is 0 Å². The number of rotatable bonds is 7. The van der Waals surface area contributed by atoms with Crippen LogP contribution < -0.4 is 18.9 Å². The lowest BCUT2D eigenvalue weighted by atomic mass is 9.97. The fourth-order valence-electron chi connectivity index (χ4n) is 3.93. The SMILES string of the molecule is COc1cc(OC)cc([C@@H]2CC(c3ccc(OC)c(OC)c3)=NN2C(=O)c2ccccc2Cl)c1. The Kier molecular flexibility index (Phi) is 6.93. The summed E-state index contributed by atoms with van der Waals surface area (Å²) in [6, 6.07) is 17.7. The Bertz CT molecular complexity index is 1220. The molecule has 1 heterocycles. The van der Waals surface area contributed by atoms with Crippen molar-refractivity contribution in [1.82, 2.24) is 5.01 Å². The van der Waals surface area contributed by atoms with Crippen LogP contribution in [0.2, 0.25) is 5.02 Å². The van der Waals surface area contributed by atoms with E-state index in [1.165, 1.54) is 5.01 Å². The Labute approximate surface area is 203 Å². The number of hydrazone groups is 1. The van der Waals surface area contributed by atoms with E-state index in [1.54, 1.807) is 58.8 Å². The predicted molar refractivity (Wildman–Crippen MR) is 131 cm³/mol. The number of halogens is 1. The Morgan fingerprint density at radius 2 is 1.56 bits per heavy atom. The number of ether oxygens (including phenoxy) is 4. The van der Waals surface area contributed by atoms with Crippen LogP contribution in [0.25, 0.3) is 0 Å². The van der Waals surface area contributed by atoms with Crippen LogP contribution in [-0.2, 0) is 0 Å². The van der Waals surface area contributed by atoms with Crippen molar-refractivity contribution in [2.75, 3.05) is 28.4 Å². The maximum atomic E-state index is 13.6. The van der Waals surface area contributed by atoms with E-state index in [0.717, 1.165) is 16.8 Å². The normalized spacial score (nSPS) is 15.0. The van der Waals surface area contributed by atoms with Gasteiger partial charge in [0.1, 0.15) is 11.5 Å². The Morgan fingerprint density at radius 3 is 2.18 bits per heavy atom. The molecule has 3 aromatic rings. The average molecular weight is 481 g/mol. The van der Waals surface area contributed by atoms with Crippen molar-refractivity contribution in [3.05, 3.63) is 82.4 Å². The van der Waals surface area contributed by atoms with E-state index in [1.807, 2.05) is 30.3 Å². The zero-order valence-electron chi connectivity index (χ0n) is 19.4. The molecule has 0 saturated carbocycles. The number of carbonyl (C=O) groups excluding carboxylic acids is 1. The molecule has 0 fully saturated rings. The molecule has 176 valence electrons. The smallest absolute Gasteiger partial charge is 0.276 e. The van der Waals surface area contributed by atoms with Crippen LogP contribution in [0.3, 0.4) is 0 Å². The molecule has 1 aliphatic heterocycles. The number of hydrogen-bond acceptors (Lipinski definition) is 6. The largest absolute Gasteiger partial charge is 0.497 e. The van der Waals surface area contributed by atoms with Gasteiger partial charge >= 0.3 is 0 Å². The molecule has 1 atom stereocenters. The van der Waals surface area contributed by atoms with E-state index >= 15 is 0 Å². The summed E-state index contributed by atoms with van der Waals surface area (Å²) in [5.74, 6) is 2.15. The van der Waals surface area contributed by atoms with E-state index in [-0.39, 0.29) is 5.91 Å². The zero-order valence-corrected chi connectivity index (χ0v) is 20.1. The molecular formula is C26H25ClN2O5. The van der Waals surface area contributed by atoms with Crippen LogP contribution in [0.15, 0.2) is 65.8 Å². The lowest BCUT2D eigenvalue weighted by Gasteiger charge is -2.23. The molecular weight excluding hydrogens is 456 g/mol. The second kappa shape index (κ2) is 10.1. The van der Waals surface area contributed by atoms with Crippen LogP contribution >= 0.6 is 11.6 Å². The topological polar surface area (TPSA) is 69.6 Å². The summed E-state index contributed by atoms with van der Waals surface area (Å²) in [5, 5.41) is 6.58. The molecule has 0 unspecified atom stereocenters. The first-order valence-electron chi connectivity index (χ1n) is 10.6. The van der Waals surface area contributed by atoms with Crippen LogP contribution in [0.5, 0.6) is 23.0 Å². The lowest BCUT2D eigenvalue weighted by Crippen LogP contribution is -2.27. The minimum atomic E-state index is -0.393. The van der Waals surface area contributed by atoms with Gasteiger partial charge in [0.05, 0.1) is 50.8 Å². The third kappa shape index (κ3) is 4.52. The van der Waals surface area contributed by atoms with Gasteiger partial charge in [-0.1, -0.05) is 23.7 Å². The highest BCUT2D eigenvalue weighted by Crippen LogP contribution is 2.39. The summed E-state index contributed by atoms with van der Waals surface area (Å²) in [4.78, 5) is 13.6. The van der Waals surface area contributed by atoms with Gasteiger partial charge in [-0.25, -0.2) is 5.01 Å². The lowest BCUT2D eigenvalue weighted by molar-refractivity contribution is 0.0711. The second-order valence-corrected chi connectivity index (χ2v) is 8.02. The van der Waals surface area contributed by atoms with Crippen LogP contribution in [-0.4, -0.2) is 45.1 Å². The molecule has 0 N–H and O–H groups in total. The molecule has 0 spiro atoms. The monoisotopic (exact) mass is 480 g/mol. The molecule has 0 saturated heterocycles. The predicted octanol–water partition coefficient (Wildman–Crippen LogP) is 5.37. The van der Waals surface area contributed by atoms with Gasteiger partial charge < -0.3 is 18.9 Å². The molecule has 0 bridgehead atoms. The Hall–Kier alpha value is -3.71. The zero-order chi connectivity index (χ0) is 24.2. The quantitative estimate of drug-likeness (QED) is 0.455. The molecule has 0 aromatic heterocycles. The van der Waals surface area contributed by atoms with Crippen molar-refractivity contribution in [3.63, 3.8) is 0 Å². The summed E-state index contributed by atoms with van der Waals surface area (Å²) in [5.41, 5.74) is 2.76. The maximum absolute atomic E-state index is 13.6. The molecule has 8 heteroatoms. The number of nitrogens with zero attached hydrogens (tertiary/aromatic N) is 2. The molecule has 0 aliphatic carbocycles. The standard InChI is InChI=1S/C26H25ClN2O5/c1-31-18-11-17(12-19(14-18)32-2)23-15-22(16-9-10-24(33-3)25(13-16)34-4)28-29(23)26(30)20-7-5-6-8-21(20)27/h5-14,23H,15H2,1-4H3/t23-/m0/s1. The number of amides is 1. The van der Waals surface area contributed by atoms with Gasteiger partial charge in [-0.2, -0.15) is 5.10 Å². The molecule has 1 amide bonds. The average Bonchev–Trinajstić information content (AvgIpc) is 3.33. The highest BCUT2D eigenvalue weighted by molar-refractivity contribution is 6.33. The van der Waals surface area contributed by atoms with E-state index in [9.17, 15) is 4.79 Å². The van der Waals surface area contributed by atoms with Crippen LogP contribution in [0, 0.1) is 0 Å². The third-order valence-corrected chi connectivity index (χ3v) is 6.03. The summed E-state index contributed by atoms with van der Waals surface area (Å²) in [6.07, 6.45) is 0.474. The van der Waals surface area contributed by atoms with Gasteiger partial charge in [-0.3, -0.25) is 4.79 Å². The molecule has 4 rings (SSSR count). The fraction of sp³-hybridized carbons (Fsp3) is 0.231. The number of methoxy groups -OCH3 is 4. The summed E-state index contributed by atoms with van der Waals surface area (Å²) in [6.45, 7) is 0. The molecule has 1 aliphatic rings. The van der Waals surface area contributed by atoms with Crippen LogP contribution in [0.1, 0.15) is 33.9 Å². The first-order chi connectivity index (χ1) is 16.5. The second-order valence-electron chi connectivity index (χ2n) is 7.61. The van der Waals surface area contributed by atoms with E-state index in [0.29, 0.717) is 40.0 Å². The summed E-state index contributed by atoms with van der Waals surface area (Å²) in [7, 11) is 6.34. The van der Waals surface area contributed by atoms with Crippen molar-refractivity contribution in [3.8, 4) is 23.0 Å². The molecule has 0 radical (unpaired) electrons. The van der Waals surface area contributed by atoms with Crippen molar-refractivity contribution in [2.45, 2.75) is 12.5 Å². The van der Waals surface area contributed by atoms with E-state index < -0.39 is 6.04 Å². The van der Waals surface area contributed by atoms with Crippen molar-refractivity contribution in [2.24, 2.45) is 5.10 Å². The van der Waals surface area contributed by atoms with Gasteiger partial charge in [0.15, 0.2) is 11.5 Å². The minimum Gasteiger partial charge on any atom is -0.497 e. The van der Waals surface area contributed by atoms with Gasteiger partial charge in [0.25, 0.3) is 5.91 Å². The van der Waals surface area contributed by atoms with E-state index in [4.69, 9.17) is 35.6 Å². The fourth-order valence-corrected chi connectivity index (χ4v) is 4.14. The van der Waals surface area contributed by atoms with Gasteiger partial charge in [-0.15, -0.1) is 0 Å². The highest BCUT2D eigenvalue weighted by Gasteiger charge is 2.35. The number of hydrogen-bond donors (Lipinski definition) is 0. The minimum absolute atomic E-state index is 0.298. The van der Waals surface area contributed by atoms with Gasteiger partial charge in [0.2, 0.25) is 0 Å². The third-order valence-electron chi connectivity index (χ3n) is 5.70. The summed E-state index contributed by atoms with van der Waals surface area (Å²) >= 11 is 6.35. The van der Waals surface area contributed by atoms with Gasteiger partial charge in [-0.05, 0) is 48.0 Å². The first kappa shape index (κ1) is 23.4. The van der Waals surface area contributed by atoms with Crippen molar-refractivity contribution < 1.29 is 23.7 Å². The maximum Gasteiger partial charge on any atom is 0.276 e. The number of carbonyl (C=O) groups is 1.